The summed E-state index contributed by atoms with van der Waals surface area (Å²) < 4.78 is 10.4. The lowest BCUT2D eigenvalue weighted by Gasteiger charge is -2.47. The molecule has 3 nitrogen and oxygen atoms in total. The van der Waals surface area contributed by atoms with Crippen LogP contribution in [0.25, 0.3) is 0 Å². The third-order valence-electron chi connectivity index (χ3n) is 5.65. The largest absolute Gasteiger partial charge is 0.497 e. The van der Waals surface area contributed by atoms with Gasteiger partial charge in [0.2, 0.25) is 0 Å². The highest BCUT2D eigenvalue weighted by atomic mass is 16.5. The van der Waals surface area contributed by atoms with E-state index in [9.17, 15) is 4.79 Å². The molecule has 0 spiro atoms. The van der Waals surface area contributed by atoms with Crippen LogP contribution in [0.5, 0.6) is 5.75 Å². The van der Waals surface area contributed by atoms with Crippen LogP contribution in [0.1, 0.15) is 37.3 Å². The second-order valence-electron chi connectivity index (χ2n) is 6.71. The average Bonchev–Trinajstić information content (AvgIpc) is 2.52. The Morgan fingerprint density at radius 3 is 2.76 bits per heavy atom. The second kappa shape index (κ2) is 5.36. The van der Waals surface area contributed by atoms with Crippen LogP contribution in [-0.4, -0.2) is 20.2 Å². The highest BCUT2D eigenvalue weighted by molar-refractivity contribution is 5.77. The minimum Gasteiger partial charge on any atom is -0.497 e. The molecule has 0 aromatic heterocycles. The molecular formula is C18H24O3. The number of fused-ring (bicyclic) bond motifs is 2. The number of esters is 1. The van der Waals surface area contributed by atoms with Gasteiger partial charge in [-0.2, -0.15) is 0 Å². The van der Waals surface area contributed by atoms with Crippen molar-refractivity contribution in [2.24, 2.45) is 17.3 Å². The maximum absolute atomic E-state index is 12.3. The Bertz CT molecular complexity index is 551. The number of carbonyl (C=O) groups is 1. The predicted octanol–water partition coefficient (Wildman–Crippen LogP) is 3.39. The van der Waals surface area contributed by atoms with Gasteiger partial charge in [0, 0.05) is 0 Å². The minimum atomic E-state index is -0.324. The number of hydrogen-bond donors (Lipinski definition) is 0. The topological polar surface area (TPSA) is 35.5 Å². The Morgan fingerprint density at radius 2 is 2.05 bits per heavy atom. The summed E-state index contributed by atoms with van der Waals surface area (Å²) in [7, 11) is 3.22. The zero-order valence-electron chi connectivity index (χ0n) is 13.1. The van der Waals surface area contributed by atoms with Crippen molar-refractivity contribution in [2.75, 3.05) is 14.2 Å². The summed E-state index contributed by atoms with van der Waals surface area (Å²) in [6.45, 7) is 2.10. The zero-order chi connectivity index (χ0) is 15.0. The van der Waals surface area contributed by atoms with Gasteiger partial charge in [-0.15, -0.1) is 0 Å². The molecule has 0 aliphatic heterocycles. The normalized spacial score (nSPS) is 31.0. The van der Waals surface area contributed by atoms with E-state index in [0.29, 0.717) is 11.8 Å². The summed E-state index contributed by atoms with van der Waals surface area (Å²) >= 11 is 0. The van der Waals surface area contributed by atoms with Gasteiger partial charge in [0.25, 0.3) is 0 Å². The number of ether oxygens (including phenoxy) is 2. The maximum Gasteiger partial charge on any atom is 0.311 e. The Labute approximate surface area is 126 Å². The molecule has 21 heavy (non-hydrogen) atoms. The molecule has 3 atom stereocenters. The molecule has 0 N–H and O–H groups in total. The second-order valence-corrected chi connectivity index (χ2v) is 6.71. The summed E-state index contributed by atoms with van der Waals surface area (Å²) in [6, 6.07) is 6.35. The number of carbonyl (C=O) groups excluding carboxylic acids is 1. The van der Waals surface area contributed by atoms with Gasteiger partial charge < -0.3 is 9.47 Å². The molecule has 1 aromatic rings. The van der Waals surface area contributed by atoms with Crippen molar-refractivity contribution in [2.45, 2.75) is 39.0 Å². The van der Waals surface area contributed by atoms with E-state index in [1.807, 2.05) is 6.07 Å². The molecule has 0 radical (unpaired) electrons. The molecule has 3 heteroatoms. The van der Waals surface area contributed by atoms with Crippen molar-refractivity contribution in [3.8, 4) is 5.75 Å². The number of rotatable bonds is 2. The van der Waals surface area contributed by atoms with Crippen LogP contribution < -0.4 is 4.74 Å². The molecule has 114 valence electrons. The number of benzene rings is 1. The van der Waals surface area contributed by atoms with Crippen molar-refractivity contribution in [1.82, 2.24) is 0 Å². The molecule has 0 bridgehead atoms. The molecule has 0 saturated heterocycles. The lowest BCUT2D eigenvalue weighted by atomic mass is 9.57. The van der Waals surface area contributed by atoms with Crippen LogP contribution in [-0.2, 0) is 22.4 Å². The van der Waals surface area contributed by atoms with Crippen molar-refractivity contribution >= 4 is 5.97 Å². The predicted molar refractivity (Wildman–Crippen MR) is 81.4 cm³/mol. The first kappa shape index (κ1) is 14.4. The van der Waals surface area contributed by atoms with E-state index in [-0.39, 0.29) is 11.4 Å². The Hall–Kier alpha value is -1.51. The van der Waals surface area contributed by atoms with Crippen molar-refractivity contribution in [3.63, 3.8) is 0 Å². The van der Waals surface area contributed by atoms with Crippen LogP contribution in [0.4, 0.5) is 0 Å². The van der Waals surface area contributed by atoms with Crippen LogP contribution in [0.3, 0.4) is 0 Å². The van der Waals surface area contributed by atoms with Crippen LogP contribution >= 0.6 is 0 Å². The Balaban J connectivity index is 1.94. The smallest absolute Gasteiger partial charge is 0.311 e. The third-order valence-corrected chi connectivity index (χ3v) is 5.65. The lowest BCUT2D eigenvalue weighted by Crippen LogP contribution is -2.46. The van der Waals surface area contributed by atoms with Crippen molar-refractivity contribution in [1.29, 1.82) is 0 Å². The van der Waals surface area contributed by atoms with E-state index in [1.54, 1.807) is 7.11 Å². The molecule has 0 heterocycles. The van der Waals surface area contributed by atoms with Gasteiger partial charge in [-0.25, -0.2) is 0 Å². The van der Waals surface area contributed by atoms with Gasteiger partial charge in [0.1, 0.15) is 5.75 Å². The monoisotopic (exact) mass is 288 g/mol. The third kappa shape index (κ3) is 2.33. The Kier molecular flexibility index (Phi) is 3.68. The molecule has 2 aliphatic rings. The SMILES string of the molecule is COC(=O)[C@@]1(C)CCC[C@H]2Cc3cc(OC)ccc3C[C@@H]21. The van der Waals surface area contributed by atoms with E-state index in [1.165, 1.54) is 24.7 Å². The molecule has 1 fully saturated rings. The van der Waals surface area contributed by atoms with E-state index in [4.69, 9.17) is 9.47 Å². The highest BCUT2D eigenvalue weighted by Gasteiger charge is 2.49. The molecule has 0 amide bonds. The zero-order valence-corrected chi connectivity index (χ0v) is 13.1. The fourth-order valence-corrected chi connectivity index (χ4v) is 4.40. The molecule has 1 saturated carbocycles. The Morgan fingerprint density at radius 1 is 1.24 bits per heavy atom. The van der Waals surface area contributed by atoms with Crippen LogP contribution in [0.2, 0.25) is 0 Å². The fourth-order valence-electron chi connectivity index (χ4n) is 4.40. The van der Waals surface area contributed by atoms with Crippen molar-refractivity contribution < 1.29 is 14.3 Å². The van der Waals surface area contributed by atoms with E-state index in [0.717, 1.165) is 31.4 Å². The molecule has 1 aromatic carbocycles. The highest BCUT2D eigenvalue weighted by Crippen LogP contribution is 2.50. The summed E-state index contributed by atoms with van der Waals surface area (Å²) in [4.78, 5) is 12.3. The quantitative estimate of drug-likeness (QED) is 0.783. The first-order valence-electron chi connectivity index (χ1n) is 7.82. The van der Waals surface area contributed by atoms with Gasteiger partial charge in [-0.05, 0) is 67.7 Å². The molecule has 2 aliphatic carbocycles. The van der Waals surface area contributed by atoms with Gasteiger partial charge in [0.05, 0.1) is 19.6 Å². The van der Waals surface area contributed by atoms with Gasteiger partial charge >= 0.3 is 5.97 Å². The average molecular weight is 288 g/mol. The van der Waals surface area contributed by atoms with Crippen LogP contribution in [0.15, 0.2) is 18.2 Å². The van der Waals surface area contributed by atoms with Crippen molar-refractivity contribution in [3.05, 3.63) is 29.3 Å². The van der Waals surface area contributed by atoms with E-state index < -0.39 is 0 Å². The molecule has 3 rings (SSSR count). The van der Waals surface area contributed by atoms with Gasteiger partial charge in [-0.1, -0.05) is 12.5 Å². The summed E-state index contributed by atoms with van der Waals surface area (Å²) in [5.41, 5.74) is 2.44. The maximum atomic E-state index is 12.3. The molecular weight excluding hydrogens is 264 g/mol. The lowest BCUT2D eigenvalue weighted by molar-refractivity contribution is -0.160. The van der Waals surface area contributed by atoms with Gasteiger partial charge in [-0.3, -0.25) is 4.79 Å². The minimum absolute atomic E-state index is 0.0332. The molecule has 0 unspecified atom stereocenters. The van der Waals surface area contributed by atoms with E-state index in [2.05, 4.69) is 19.1 Å². The first-order chi connectivity index (χ1) is 10.1. The van der Waals surface area contributed by atoms with Crippen LogP contribution in [0, 0.1) is 17.3 Å². The summed E-state index contributed by atoms with van der Waals surface area (Å²) in [5, 5.41) is 0. The summed E-state index contributed by atoms with van der Waals surface area (Å²) in [5.74, 6) is 1.88. The van der Waals surface area contributed by atoms with E-state index >= 15 is 0 Å². The first-order valence-corrected chi connectivity index (χ1v) is 7.82. The number of hydrogen-bond acceptors (Lipinski definition) is 3. The standard InChI is InChI=1S/C18H24O3/c1-18(17(19)21-3)8-4-5-13-9-14-10-15(20-2)7-6-12(14)11-16(13)18/h6-7,10,13,16H,4-5,8-9,11H2,1-3H3/t13-,16-,18-/m0/s1. The van der Waals surface area contributed by atoms with Gasteiger partial charge in [0.15, 0.2) is 0 Å². The number of methoxy groups -OCH3 is 2. The fraction of sp³-hybridized carbons (Fsp3) is 0.611. The summed E-state index contributed by atoms with van der Waals surface area (Å²) in [6.07, 6.45) is 5.33.